The third-order valence-corrected chi connectivity index (χ3v) is 6.17. The molecule has 0 unspecified atom stereocenters. The van der Waals surface area contributed by atoms with Crippen LogP contribution in [-0.4, -0.2) is 16.3 Å². The van der Waals surface area contributed by atoms with Crippen molar-refractivity contribution in [3.8, 4) is 33.0 Å². The van der Waals surface area contributed by atoms with Crippen molar-refractivity contribution >= 4 is 39.4 Å². The van der Waals surface area contributed by atoms with Crippen molar-refractivity contribution in [3.05, 3.63) is 71.6 Å². The molecule has 126 valence electrons. The van der Waals surface area contributed by atoms with Crippen LogP contribution in [-0.2, 0) is 0 Å². The summed E-state index contributed by atoms with van der Waals surface area (Å²) in [6, 6.07) is 22.5. The molecule has 2 aromatic heterocycles. The molecule has 6 rings (SSSR count). The molecule has 0 radical (unpaired) electrons. The van der Waals surface area contributed by atoms with Gasteiger partial charge < -0.3 is 0 Å². The van der Waals surface area contributed by atoms with Crippen molar-refractivity contribution in [1.29, 1.82) is 0 Å². The number of fused-ring (bicyclic) bond motifs is 4. The molecule has 0 atom stereocenters. The van der Waals surface area contributed by atoms with Crippen LogP contribution < -0.4 is 0 Å². The number of rotatable bonds is 2. The summed E-state index contributed by atoms with van der Waals surface area (Å²) in [6.45, 7) is 0. The number of benzene rings is 3. The maximum atomic E-state index is 11.1. The van der Waals surface area contributed by atoms with E-state index in [2.05, 4.69) is 30.3 Å². The number of hydrogen-bond acceptors (Lipinski definition) is 4. The molecule has 2 heterocycles. The molecule has 5 aromatic rings. The van der Waals surface area contributed by atoms with Crippen molar-refractivity contribution < 1.29 is 4.79 Å². The largest absolute Gasteiger partial charge is 0.297 e. The van der Waals surface area contributed by atoms with E-state index in [9.17, 15) is 4.79 Å². The Labute approximate surface area is 159 Å². The lowest BCUT2D eigenvalue weighted by molar-refractivity contribution is 0.112. The summed E-state index contributed by atoms with van der Waals surface area (Å²) in [7, 11) is 0. The van der Waals surface area contributed by atoms with E-state index >= 15 is 0 Å². The van der Waals surface area contributed by atoms with Gasteiger partial charge >= 0.3 is 0 Å². The molecular formula is C23H12N2OS. The van der Waals surface area contributed by atoms with Crippen molar-refractivity contribution in [1.82, 2.24) is 9.97 Å². The Morgan fingerprint density at radius 3 is 2.11 bits per heavy atom. The molecule has 0 fully saturated rings. The number of carbonyl (C=O) groups excluding carboxylic acids is 1. The molecule has 1 aliphatic rings. The van der Waals surface area contributed by atoms with Gasteiger partial charge in [-0.3, -0.25) is 4.79 Å². The maximum Gasteiger partial charge on any atom is 0.160 e. The topological polar surface area (TPSA) is 42.9 Å². The molecule has 27 heavy (non-hydrogen) atoms. The van der Waals surface area contributed by atoms with Gasteiger partial charge in [-0.05, 0) is 35.2 Å². The predicted octanol–water partition coefficient (Wildman–Crippen LogP) is 5.97. The zero-order chi connectivity index (χ0) is 18.0. The minimum atomic E-state index is 0.742. The van der Waals surface area contributed by atoms with Crippen LogP contribution >= 0.6 is 11.3 Å². The van der Waals surface area contributed by atoms with E-state index in [1.165, 1.54) is 22.1 Å². The molecule has 3 nitrogen and oxygen atoms in total. The number of hydrogen-bond donors (Lipinski definition) is 0. The highest BCUT2D eigenvalue weighted by Crippen LogP contribution is 2.48. The zero-order valence-electron chi connectivity index (χ0n) is 14.1. The van der Waals surface area contributed by atoms with Gasteiger partial charge in [0.05, 0.1) is 27.3 Å². The molecule has 1 aliphatic carbocycles. The van der Waals surface area contributed by atoms with Crippen molar-refractivity contribution in [3.63, 3.8) is 0 Å². The molecule has 0 bridgehead atoms. The summed E-state index contributed by atoms with van der Waals surface area (Å²) in [4.78, 5) is 22.8. The lowest BCUT2D eigenvalue weighted by Crippen LogP contribution is -1.89. The zero-order valence-corrected chi connectivity index (χ0v) is 15.0. The van der Waals surface area contributed by atoms with Crippen LogP contribution in [0.1, 0.15) is 9.67 Å². The third kappa shape index (κ3) is 1.99. The summed E-state index contributed by atoms with van der Waals surface area (Å²) in [5.74, 6) is 0. The molecule has 0 aliphatic heterocycles. The van der Waals surface area contributed by atoms with Crippen LogP contribution in [0.3, 0.4) is 0 Å². The quantitative estimate of drug-likeness (QED) is 0.355. The SMILES string of the molecule is O=Cc1ccc(-c2ccc3c4c(cccc24)-c2nc4ccccc4nc2-3)s1. The van der Waals surface area contributed by atoms with Crippen LogP contribution in [0.4, 0.5) is 0 Å². The Morgan fingerprint density at radius 2 is 1.41 bits per heavy atom. The third-order valence-electron chi connectivity index (χ3n) is 5.13. The first-order valence-corrected chi connectivity index (χ1v) is 9.54. The fourth-order valence-electron chi connectivity index (χ4n) is 3.95. The monoisotopic (exact) mass is 364 g/mol. The van der Waals surface area contributed by atoms with E-state index in [0.717, 1.165) is 55.2 Å². The summed E-state index contributed by atoms with van der Waals surface area (Å²) in [6.07, 6.45) is 0.906. The van der Waals surface area contributed by atoms with Gasteiger partial charge in [0.2, 0.25) is 0 Å². The average Bonchev–Trinajstić information content (AvgIpc) is 3.31. The lowest BCUT2D eigenvalue weighted by atomic mass is 9.98. The van der Waals surface area contributed by atoms with Gasteiger partial charge in [0, 0.05) is 21.4 Å². The van der Waals surface area contributed by atoms with Crippen LogP contribution in [0, 0.1) is 0 Å². The Balaban J connectivity index is 1.69. The molecule has 0 amide bonds. The highest BCUT2D eigenvalue weighted by Gasteiger charge is 2.26. The van der Waals surface area contributed by atoms with Crippen LogP contribution in [0.5, 0.6) is 0 Å². The number of aldehydes is 1. The Kier molecular flexibility index (Phi) is 2.91. The van der Waals surface area contributed by atoms with Crippen LogP contribution in [0.2, 0.25) is 0 Å². The fourth-order valence-corrected chi connectivity index (χ4v) is 4.81. The smallest absolute Gasteiger partial charge is 0.160 e. The second-order valence-electron chi connectivity index (χ2n) is 6.62. The standard InChI is InChI=1S/C23H12N2OS/c26-12-13-8-11-20(27-13)14-9-10-17-21-15(14)4-3-5-16(21)22-23(17)25-19-7-2-1-6-18(19)24-22/h1-12H. The first-order valence-electron chi connectivity index (χ1n) is 8.72. The lowest BCUT2D eigenvalue weighted by Gasteiger charge is -2.07. The van der Waals surface area contributed by atoms with Gasteiger partial charge in [0.15, 0.2) is 6.29 Å². The van der Waals surface area contributed by atoms with E-state index in [-0.39, 0.29) is 0 Å². The Hall–Kier alpha value is -3.37. The fraction of sp³-hybridized carbons (Fsp3) is 0. The number of para-hydroxylation sites is 2. The molecular weight excluding hydrogens is 352 g/mol. The minimum Gasteiger partial charge on any atom is -0.297 e. The van der Waals surface area contributed by atoms with Crippen molar-refractivity contribution in [2.45, 2.75) is 0 Å². The molecule has 3 aromatic carbocycles. The highest BCUT2D eigenvalue weighted by atomic mass is 32.1. The second-order valence-corrected chi connectivity index (χ2v) is 7.73. The maximum absolute atomic E-state index is 11.1. The number of carbonyl (C=O) groups is 1. The summed E-state index contributed by atoms with van der Waals surface area (Å²) in [5.41, 5.74) is 7.13. The molecule has 0 saturated carbocycles. The van der Waals surface area contributed by atoms with E-state index in [0.29, 0.717) is 0 Å². The van der Waals surface area contributed by atoms with Crippen LogP contribution in [0.15, 0.2) is 66.7 Å². The van der Waals surface area contributed by atoms with Gasteiger partial charge in [-0.1, -0.05) is 42.5 Å². The molecule has 0 spiro atoms. The first kappa shape index (κ1) is 14.8. The Morgan fingerprint density at radius 1 is 0.704 bits per heavy atom. The molecule has 0 N–H and O–H groups in total. The van der Waals surface area contributed by atoms with Gasteiger partial charge in [-0.2, -0.15) is 0 Å². The molecule has 4 heteroatoms. The van der Waals surface area contributed by atoms with Gasteiger partial charge in [-0.25, -0.2) is 9.97 Å². The van der Waals surface area contributed by atoms with Gasteiger partial charge in [0.1, 0.15) is 0 Å². The van der Waals surface area contributed by atoms with Gasteiger partial charge in [0.25, 0.3) is 0 Å². The number of aromatic nitrogens is 2. The highest BCUT2D eigenvalue weighted by molar-refractivity contribution is 7.17. The van der Waals surface area contributed by atoms with E-state index in [1.54, 1.807) is 0 Å². The van der Waals surface area contributed by atoms with E-state index in [1.807, 2.05) is 36.4 Å². The predicted molar refractivity (Wildman–Crippen MR) is 110 cm³/mol. The summed E-state index contributed by atoms with van der Waals surface area (Å²) < 4.78 is 0. The summed E-state index contributed by atoms with van der Waals surface area (Å²) >= 11 is 1.52. The second kappa shape index (κ2) is 5.32. The first-order chi connectivity index (χ1) is 13.3. The number of thiophene rings is 1. The normalized spacial score (nSPS) is 11.9. The minimum absolute atomic E-state index is 0.742. The van der Waals surface area contributed by atoms with Crippen LogP contribution in [0.25, 0.3) is 54.8 Å². The van der Waals surface area contributed by atoms with E-state index in [4.69, 9.17) is 9.97 Å². The van der Waals surface area contributed by atoms with Gasteiger partial charge in [-0.15, -0.1) is 11.3 Å². The van der Waals surface area contributed by atoms with E-state index < -0.39 is 0 Å². The Bertz CT molecular complexity index is 1350. The average molecular weight is 364 g/mol. The summed E-state index contributed by atoms with van der Waals surface area (Å²) in [5, 5.41) is 2.37. The van der Waals surface area contributed by atoms with Crippen molar-refractivity contribution in [2.75, 3.05) is 0 Å². The van der Waals surface area contributed by atoms with Crippen molar-refractivity contribution in [2.24, 2.45) is 0 Å². The number of nitrogens with zero attached hydrogens (tertiary/aromatic N) is 2. The molecule has 0 saturated heterocycles.